The van der Waals surface area contributed by atoms with Crippen molar-refractivity contribution in [1.29, 1.82) is 0 Å². The number of hydrogen-bond donors (Lipinski definition) is 1. The SMILES string of the molecule is COCO[C@H](C#C[C@@H](C)O)c1ccccc1. The number of methoxy groups -OCH3 is 1. The van der Waals surface area contributed by atoms with Crippen molar-refractivity contribution in [3.05, 3.63) is 35.9 Å². The van der Waals surface area contributed by atoms with E-state index < -0.39 is 6.10 Å². The van der Waals surface area contributed by atoms with Gasteiger partial charge in [-0.2, -0.15) is 0 Å². The molecule has 0 unspecified atom stereocenters. The van der Waals surface area contributed by atoms with Crippen molar-refractivity contribution in [1.82, 2.24) is 0 Å². The average Bonchev–Trinajstić information content (AvgIpc) is 2.30. The van der Waals surface area contributed by atoms with Gasteiger partial charge in [0.15, 0.2) is 0 Å². The van der Waals surface area contributed by atoms with Crippen LogP contribution in [0.15, 0.2) is 30.3 Å². The molecule has 0 saturated carbocycles. The van der Waals surface area contributed by atoms with Crippen molar-refractivity contribution in [3.63, 3.8) is 0 Å². The summed E-state index contributed by atoms with van der Waals surface area (Å²) in [6, 6.07) is 9.62. The van der Waals surface area contributed by atoms with E-state index in [0.717, 1.165) is 5.56 Å². The fraction of sp³-hybridized carbons (Fsp3) is 0.385. The van der Waals surface area contributed by atoms with Gasteiger partial charge in [0.2, 0.25) is 0 Å². The molecule has 2 atom stereocenters. The van der Waals surface area contributed by atoms with Crippen LogP contribution in [0.3, 0.4) is 0 Å². The molecule has 0 aliphatic carbocycles. The Morgan fingerprint density at radius 1 is 1.25 bits per heavy atom. The maximum absolute atomic E-state index is 9.11. The second-order valence-electron chi connectivity index (χ2n) is 3.33. The summed E-state index contributed by atoms with van der Waals surface area (Å²) in [5, 5.41) is 9.11. The van der Waals surface area contributed by atoms with Crippen molar-refractivity contribution in [3.8, 4) is 11.8 Å². The molecule has 1 N–H and O–H groups in total. The first-order chi connectivity index (χ1) is 7.74. The minimum absolute atomic E-state index is 0.175. The summed E-state index contributed by atoms with van der Waals surface area (Å²) in [6.07, 6.45) is -1.02. The first kappa shape index (κ1) is 12.7. The third-order valence-corrected chi connectivity index (χ3v) is 1.88. The monoisotopic (exact) mass is 220 g/mol. The largest absolute Gasteiger partial charge is 0.381 e. The van der Waals surface area contributed by atoms with Gasteiger partial charge in [0.25, 0.3) is 0 Å². The fourth-order valence-electron chi connectivity index (χ4n) is 1.18. The van der Waals surface area contributed by atoms with Crippen LogP contribution in [0.1, 0.15) is 18.6 Å². The molecule has 0 aromatic heterocycles. The summed E-state index contributed by atoms with van der Waals surface area (Å²) >= 11 is 0. The van der Waals surface area contributed by atoms with Crippen molar-refractivity contribution in [2.45, 2.75) is 19.1 Å². The van der Waals surface area contributed by atoms with E-state index in [1.807, 2.05) is 30.3 Å². The second kappa shape index (κ2) is 7.02. The highest BCUT2D eigenvalue weighted by molar-refractivity contribution is 5.25. The molecule has 1 aromatic carbocycles. The standard InChI is InChI=1S/C13H16O3/c1-11(14)8-9-13(16-10-15-2)12-6-4-3-5-7-12/h3-7,11,13-14H,10H2,1-2H3/t11-,13-/m1/s1. The zero-order valence-corrected chi connectivity index (χ0v) is 9.51. The van der Waals surface area contributed by atoms with E-state index >= 15 is 0 Å². The van der Waals surface area contributed by atoms with Gasteiger partial charge in [-0.25, -0.2) is 0 Å². The summed E-state index contributed by atoms with van der Waals surface area (Å²) in [7, 11) is 1.56. The van der Waals surface area contributed by atoms with Crippen LogP contribution >= 0.6 is 0 Å². The number of rotatable bonds is 4. The number of aliphatic hydroxyl groups is 1. The molecule has 16 heavy (non-hydrogen) atoms. The van der Waals surface area contributed by atoms with E-state index in [4.69, 9.17) is 14.6 Å². The molecule has 0 heterocycles. The first-order valence-electron chi connectivity index (χ1n) is 5.08. The lowest BCUT2D eigenvalue weighted by molar-refractivity contribution is -0.0536. The van der Waals surface area contributed by atoms with Crippen molar-refractivity contribution >= 4 is 0 Å². The van der Waals surface area contributed by atoms with Gasteiger partial charge in [-0.15, -0.1) is 0 Å². The molecule has 3 heteroatoms. The van der Waals surface area contributed by atoms with Crippen LogP contribution in [-0.4, -0.2) is 25.1 Å². The Labute approximate surface area is 96.0 Å². The Morgan fingerprint density at radius 3 is 2.50 bits per heavy atom. The van der Waals surface area contributed by atoms with Gasteiger partial charge in [0, 0.05) is 7.11 Å². The molecule has 0 spiro atoms. The number of benzene rings is 1. The predicted octanol–water partition coefficient (Wildman–Crippen LogP) is 1.73. The molecule has 3 nitrogen and oxygen atoms in total. The van der Waals surface area contributed by atoms with Crippen LogP contribution in [-0.2, 0) is 9.47 Å². The molecular weight excluding hydrogens is 204 g/mol. The minimum atomic E-state index is -0.655. The van der Waals surface area contributed by atoms with Crippen LogP contribution in [0, 0.1) is 11.8 Å². The molecule has 0 radical (unpaired) electrons. The molecule has 1 rings (SSSR count). The van der Waals surface area contributed by atoms with Gasteiger partial charge >= 0.3 is 0 Å². The highest BCUT2D eigenvalue weighted by Gasteiger charge is 2.07. The van der Waals surface area contributed by atoms with Gasteiger partial charge < -0.3 is 14.6 Å². The summed E-state index contributed by atoms with van der Waals surface area (Å²) in [5.41, 5.74) is 0.952. The Kier molecular flexibility index (Phi) is 5.58. The summed E-state index contributed by atoms with van der Waals surface area (Å²) in [4.78, 5) is 0. The van der Waals surface area contributed by atoms with E-state index in [0.29, 0.717) is 0 Å². The van der Waals surface area contributed by atoms with E-state index in [9.17, 15) is 0 Å². The molecule has 0 aliphatic rings. The molecule has 86 valence electrons. The molecular formula is C13H16O3. The fourth-order valence-corrected chi connectivity index (χ4v) is 1.18. The summed E-state index contributed by atoms with van der Waals surface area (Å²) in [6.45, 7) is 1.79. The Bertz CT molecular complexity index is 348. The lowest BCUT2D eigenvalue weighted by Crippen LogP contribution is -2.06. The first-order valence-corrected chi connectivity index (χ1v) is 5.08. The number of ether oxygens (including phenoxy) is 2. The van der Waals surface area contributed by atoms with Gasteiger partial charge in [-0.1, -0.05) is 42.2 Å². The molecule has 1 aromatic rings. The summed E-state index contributed by atoms with van der Waals surface area (Å²) < 4.78 is 10.3. The zero-order valence-electron chi connectivity index (χ0n) is 9.51. The van der Waals surface area contributed by atoms with Crippen molar-refractivity contribution in [2.75, 3.05) is 13.9 Å². The average molecular weight is 220 g/mol. The smallest absolute Gasteiger partial charge is 0.148 e. The predicted molar refractivity (Wildman–Crippen MR) is 61.6 cm³/mol. The minimum Gasteiger partial charge on any atom is -0.381 e. The molecule has 0 fully saturated rings. The van der Waals surface area contributed by atoms with Crippen LogP contribution in [0.2, 0.25) is 0 Å². The van der Waals surface area contributed by atoms with E-state index in [1.54, 1.807) is 14.0 Å². The van der Waals surface area contributed by atoms with E-state index in [-0.39, 0.29) is 12.9 Å². The topological polar surface area (TPSA) is 38.7 Å². The van der Waals surface area contributed by atoms with Crippen LogP contribution in [0.4, 0.5) is 0 Å². The Hall–Kier alpha value is -1.34. The van der Waals surface area contributed by atoms with Gasteiger partial charge in [0.1, 0.15) is 19.0 Å². The normalized spacial score (nSPS) is 13.7. The van der Waals surface area contributed by atoms with E-state index in [1.165, 1.54) is 0 Å². The van der Waals surface area contributed by atoms with Crippen LogP contribution in [0.5, 0.6) is 0 Å². The van der Waals surface area contributed by atoms with Gasteiger partial charge in [-0.3, -0.25) is 0 Å². The maximum atomic E-state index is 9.11. The summed E-state index contributed by atoms with van der Waals surface area (Å²) in [5.74, 6) is 5.55. The van der Waals surface area contributed by atoms with Crippen LogP contribution < -0.4 is 0 Å². The number of aliphatic hydroxyl groups excluding tert-OH is 1. The van der Waals surface area contributed by atoms with Gasteiger partial charge in [0.05, 0.1) is 0 Å². The molecule has 0 aliphatic heterocycles. The third-order valence-electron chi connectivity index (χ3n) is 1.88. The van der Waals surface area contributed by atoms with Gasteiger partial charge in [-0.05, 0) is 12.5 Å². The quantitative estimate of drug-likeness (QED) is 0.620. The Morgan fingerprint density at radius 2 is 1.94 bits per heavy atom. The molecule has 0 saturated heterocycles. The van der Waals surface area contributed by atoms with E-state index in [2.05, 4.69) is 11.8 Å². The maximum Gasteiger partial charge on any atom is 0.148 e. The number of hydrogen-bond acceptors (Lipinski definition) is 3. The lowest BCUT2D eigenvalue weighted by atomic mass is 10.1. The molecule has 0 bridgehead atoms. The highest BCUT2D eigenvalue weighted by Crippen LogP contribution is 2.15. The Balaban J connectivity index is 2.76. The zero-order chi connectivity index (χ0) is 11.8. The second-order valence-corrected chi connectivity index (χ2v) is 3.33. The van der Waals surface area contributed by atoms with Crippen molar-refractivity contribution < 1.29 is 14.6 Å². The molecule has 0 amide bonds. The third kappa shape index (κ3) is 4.45. The highest BCUT2D eigenvalue weighted by atomic mass is 16.7. The van der Waals surface area contributed by atoms with Crippen LogP contribution in [0.25, 0.3) is 0 Å². The van der Waals surface area contributed by atoms with Crippen molar-refractivity contribution in [2.24, 2.45) is 0 Å². The lowest BCUT2D eigenvalue weighted by Gasteiger charge is -2.11.